The molecule has 0 spiro atoms. The third-order valence-electron chi connectivity index (χ3n) is 5.15. The summed E-state index contributed by atoms with van der Waals surface area (Å²) >= 11 is 0. The molecule has 0 heterocycles. The number of nitrogens with one attached hydrogen (secondary N) is 1. The second-order valence-corrected chi connectivity index (χ2v) is 7.28. The zero-order chi connectivity index (χ0) is 23.0. The fourth-order valence-electron chi connectivity index (χ4n) is 3.41. The Labute approximate surface area is 192 Å². The summed E-state index contributed by atoms with van der Waals surface area (Å²) in [4.78, 5) is 12.4. The molecule has 0 aliphatic heterocycles. The van der Waals surface area contributed by atoms with Gasteiger partial charge < -0.3 is 14.2 Å². The van der Waals surface area contributed by atoms with E-state index in [2.05, 4.69) is 22.7 Å². The van der Waals surface area contributed by atoms with Gasteiger partial charge in [-0.15, -0.1) is 0 Å². The minimum absolute atomic E-state index is 0.310. The van der Waals surface area contributed by atoms with Crippen molar-refractivity contribution in [1.82, 2.24) is 5.43 Å². The number of ether oxygens (including phenoxy) is 3. The Balaban J connectivity index is 1.34. The lowest BCUT2D eigenvalue weighted by molar-refractivity contribution is 0.0955. The normalized spacial score (nSPS) is 10.8. The maximum Gasteiger partial charge on any atom is 0.271 e. The first-order chi connectivity index (χ1) is 16.2. The van der Waals surface area contributed by atoms with Crippen molar-refractivity contribution in [3.8, 4) is 17.2 Å². The number of carbonyl (C=O) groups is 1. The predicted octanol–water partition coefficient (Wildman–Crippen LogP) is 5.20. The van der Waals surface area contributed by atoms with Crippen molar-refractivity contribution in [2.24, 2.45) is 5.10 Å². The van der Waals surface area contributed by atoms with Gasteiger partial charge in [-0.2, -0.15) is 5.10 Å². The van der Waals surface area contributed by atoms with E-state index in [4.69, 9.17) is 14.2 Å². The van der Waals surface area contributed by atoms with Crippen LogP contribution >= 0.6 is 0 Å². The highest BCUT2D eigenvalue weighted by Crippen LogP contribution is 2.29. The quantitative estimate of drug-likeness (QED) is 0.302. The number of methoxy groups -OCH3 is 2. The number of amides is 1. The van der Waals surface area contributed by atoms with Crippen LogP contribution in [-0.2, 0) is 6.61 Å². The molecule has 1 N–H and O–H groups in total. The molecule has 1 amide bonds. The van der Waals surface area contributed by atoms with Gasteiger partial charge in [0.2, 0.25) is 0 Å². The lowest BCUT2D eigenvalue weighted by atomic mass is 10.1. The van der Waals surface area contributed by atoms with Crippen LogP contribution in [0.2, 0.25) is 0 Å². The molecule has 0 saturated carbocycles. The second kappa shape index (κ2) is 10.3. The SMILES string of the molecule is COc1cccc(C=NNC(=O)c2ccc(COc3ccc4ccccc4c3)cc2)c1OC. The molecular weight excluding hydrogens is 416 g/mol. The van der Waals surface area contributed by atoms with Gasteiger partial charge in [0.25, 0.3) is 5.91 Å². The molecule has 4 rings (SSSR count). The highest BCUT2D eigenvalue weighted by molar-refractivity contribution is 5.95. The highest BCUT2D eigenvalue weighted by Gasteiger charge is 2.08. The Kier molecular flexibility index (Phi) is 6.85. The van der Waals surface area contributed by atoms with Gasteiger partial charge in [-0.1, -0.05) is 48.5 Å². The minimum Gasteiger partial charge on any atom is -0.493 e. The smallest absolute Gasteiger partial charge is 0.271 e. The van der Waals surface area contributed by atoms with E-state index in [0.29, 0.717) is 29.2 Å². The van der Waals surface area contributed by atoms with Crippen LogP contribution in [0.1, 0.15) is 21.5 Å². The van der Waals surface area contributed by atoms with E-state index >= 15 is 0 Å². The molecule has 6 nitrogen and oxygen atoms in total. The van der Waals surface area contributed by atoms with E-state index in [1.54, 1.807) is 32.4 Å². The Bertz CT molecular complexity index is 1280. The van der Waals surface area contributed by atoms with Gasteiger partial charge >= 0.3 is 0 Å². The zero-order valence-electron chi connectivity index (χ0n) is 18.4. The number of para-hydroxylation sites is 1. The van der Waals surface area contributed by atoms with Crippen LogP contribution in [0, 0.1) is 0 Å². The van der Waals surface area contributed by atoms with E-state index < -0.39 is 0 Å². The van der Waals surface area contributed by atoms with Gasteiger partial charge in [0.15, 0.2) is 11.5 Å². The molecular formula is C27H24N2O4. The van der Waals surface area contributed by atoms with Crippen LogP contribution < -0.4 is 19.6 Å². The summed E-state index contributed by atoms with van der Waals surface area (Å²) in [6.07, 6.45) is 1.52. The lowest BCUT2D eigenvalue weighted by Crippen LogP contribution is -2.17. The maximum atomic E-state index is 12.4. The Hall–Kier alpha value is -4.32. The standard InChI is InChI=1S/C27H24N2O4/c1-31-25-9-5-8-23(26(25)32-2)17-28-29-27(30)21-12-10-19(11-13-21)18-33-24-15-14-20-6-3-4-7-22(20)16-24/h3-17H,18H2,1-2H3,(H,29,30). The fraction of sp³-hybridized carbons (Fsp3) is 0.111. The molecule has 0 aromatic heterocycles. The van der Waals surface area contributed by atoms with Crippen molar-refractivity contribution in [2.75, 3.05) is 14.2 Å². The number of rotatable bonds is 8. The predicted molar refractivity (Wildman–Crippen MR) is 129 cm³/mol. The van der Waals surface area contributed by atoms with Crippen molar-refractivity contribution in [1.29, 1.82) is 0 Å². The molecule has 0 atom stereocenters. The monoisotopic (exact) mass is 440 g/mol. The Morgan fingerprint density at radius 1 is 0.879 bits per heavy atom. The Morgan fingerprint density at radius 3 is 2.42 bits per heavy atom. The van der Waals surface area contributed by atoms with E-state index in [0.717, 1.165) is 16.7 Å². The molecule has 166 valence electrons. The fourth-order valence-corrected chi connectivity index (χ4v) is 3.41. The first kappa shape index (κ1) is 21.9. The Morgan fingerprint density at radius 2 is 1.67 bits per heavy atom. The van der Waals surface area contributed by atoms with Crippen LogP contribution in [0.4, 0.5) is 0 Å². The summed E-state index contributed by atoms with van der Waals surface area (Å²) < 4.78 is 16.5. The van der Waals surface area contributed by atoms with Gasteiger partial charge in [-0.3, -0.25) is 4.79 Å². The van der Waals surface area contributed by atoms with Crippen molar-refractivity contribution in [3.63, 3.8) is 0 Å². The third-order valence-corrected chi connectivity index (χ3v) is 5.15. The van der Waals surface area contributed by atoms with Crippen LogP contribution in [0.25, 0.3) is 10.8 Å². The van der Waals surface area contributed by atoms with Gasteiger partial charge in [0, 0.05) is 11.1 Å². The number of hydrazone groups is 1. The molecule has 0 unspecified atom stereocenters. The van der Waals surface area contributed by atoms with Crippen molar-refractivity contribution in [2.45, 2.75) is 6.61 Å². The molecule has 0 radical (unpaired) electrons. The summed E-state index contributed by atoms with van der Waals surface area (Å²) in [6.45, 7) is 0.411. The number of hydrogen-bond acceptors (Lipinski definition) is 5. The van der Waals surface area contributed by atoms with Crippen molar-refractivity contribution >= 4 is 22.9 Å². The zero-order valence-corrected chi connectivity index (χ0v) is 18.4. The summed E-state index contributed by atoms with van der Waals surface area (Å²) in [7, 11) is 3.12. The van der Waals surface area contributed by atoms with Crippen LogP contribution in [-0.4, -0.2) is 26.3 Å². The highest BCUT2D eigenvalue weighted by atomic mass is 16.5. The molecule has 0 fully saturated rings. The molecule has 0 aliphatic rings. The van der Waals surface area contributed by atoms with Gasteiger partial charge in [0.1, 0.15) is 12.4 Å². The van der Waals surface area contributed by atoms with Gasteiger partial charge in [-0.25, -0.2) is 5.43 Å². The molecule has 0 saturated heterocycles. The second-order valence-electron chi connectivity index (χ2n) is 7.28. The molecule has 4 aromatic rings. The number of fused-ring (bicyclic) bond motifs is 1. The van der Waals surface area contributed by atoms with Gasteiger partial charge in [-0.05, 0) is 52.7 Å². The average Bonchev–Trinajstić information content (AvgIpc) is 2.87. The van der Waals surface area contributed by atoms with Crippen LogP contribution in [0.5, 0.6) is 17.2 Å². The van der Waals surface area contributed by atoms with Gasteiger partial charge in [0.05, 0.1) is 20.4 Å². The van der Waals surface area contributed by atoms with E-state index in [-0.39, 0.29) is 5.91 Å². The largest absolute Gasteiger partial charge is 0.493 e. The minimum atomic E-state index is -0.310. The van der Waals surface area contributed by atoms with E-state index in [1.165, 1.54) is 11.6 Å². The van der Waals surface area contributed by atoms with Crippen LogP contribution in [0.3, 0.4) is 0 Å². The number of benzene rings is 4. The lowest BCUT2D eigenvalue weighted by Gasteiger charge is -2.09. The average molecular weight is 440 g/mol. The third kappa shape index (κ3) is 5.30. The number of nitrogens with zero attached hydrogens (tertiary/aromatic N) is 1. The van der Waals surface area contributed by atoms with Crippen LogP contribution in [0.15, 0.2) is 90.0 Å². The summed E-state index contributed by atoms with van der Waals surface area (Å²) in [5.74, 6) is 1.64. The first-order valence-electron chi connectivity index (χ1n) is 10.4. The molecule has 0 bridgehead atoms. The summed E-state index contributed by atoms with van der Waals surface area (Å²) in [6, 6.07) is 26.8. The molecule has 4 aromatic carbocycles. The topological polar surface area (TPSA) is 69.2 Å². The number of hydrogen-bond donors (Lipinski definition) is 1. The molecule has 0 aliphatic carbocycles. The van der Waals surface area contributed by atoms with E-state index in [9.17, 15) is 4.79 Å². The summed E-state index contributed by atoms with van der Waals surface area (Å²) in [5, 5.41) is 6.35. The maximum absolute atomic E-state index is 12.4. The van der Waals surface area contributed by atoms with Crippen molar-refractivity contribution in [3.05, 3.63) is 102 Å². The first-order valence-corrected chi connectivity index (χ1v) is 10.4. The number of carbonyl (C=O) groups excluding carboxylic acids is 1. The van der Waals surface area contributed by atoms with E-state index in [1.807, 2.05) is 54.6 Å². The summed E-state index contributed by atoms with van der Waals surface area (Å²) in [5.41, 5.74) is 4.69. The van der Waals surface area contributed by atoms with Crippen molar-refractivity contribution < 1.29 is 19.0 Å². The molecule has 33 heavy (non-hydrogen) atoms. The molecule has 6 heteroatoms.